The van der Waals surface area contributed by atoms with E-state index in [1.54, 1.807) is 18.3 Å². The van der Waals surface area contributed by atoms with Gasteiger partial charge in [0.25, 0.3) is 5.56 Å². The number of aromatic nitrogens is 2. The van der Waals surface area contributed by atoms with E-state index in [-0.39, 0.29) is 10.7 Å². The summed E-state index contributed by atoms with van der Waals surface area (Å²) in [4.78, 5) is 15.4. The Morgan fingerprint density at radius 3 is 3.08 bits per heavy atom. The van der Waals surface area contributed by atoms with E-state index in [1.807, 2.05) is 0 Å². The predicted molar refractivity (Wildman–Crippen MR) is 54.2 cm³/mol. The van der Waals surface area contributed by atoms with Crippen molar-refractivity contribution in [3.63, 3.8) is 0 Å². The van der Waals surface area contributed by atoms with E-state index in [4.69, 9.17) is 11.6 Å². The lowest BCUT2D eigenvalue weighted by molar-refractivity contribution is 1.04. The maximum atomic E-state index is 11.4. The van der Waals surface area contributed by atoms with E-state index in [0.29, 0.717) is 5.65 Å². The molecule has 66 valence electrons. The fourth-order valence-electron chi connectivity index (χ4n) is 1.06. The van der Waals surface area contributed by atoms with Crippen molar-refractivity contribution in [2.75, 3.05) is 0 Å². The summed E-state index contributed by atoms with van der Waals surface area (Å²) in [6, 6.07) is 4.84. The van der Waals surface area contributed by atoms with Crippen LogP contribution in [-0.4, -0.2) is 9.38 Å². The van der Waals surface area contributed by atoms with Crippen molar-refractivity contribution in [3.05, 3.63) is 44.4 Å². The second-order valence-corrected chi connectivity index (χ2v) is 3.71. The van der Waals surface area contributed by atoms with E-state index in [9.17, 15) is 4.79 Å². The van der Waals surface area contributed by atoms with Gasteiger partial charge in [-0.15, -0.1) is 0 Å². The molecular formula is C8H4BrClN2O. The Kier molecular flexibility index (Phi) is 2.09. The van der Waals surface area contributed by atoms with Crippen molar-refractivity contribution in [2.24, 2.45) is 0 Å². The van der Waals surface area contributed by atoms with Crippen LogP contribution in [0.4, 0.5) is 0 Å². The lowest BCUT2D eigenvalue weighted by Crippen LogP contribution is -2.13. The van der Waals surface area contributed by atoms with Crippen molar-refractivity contribution in [3.8, 4) is 0 Å². The minimum Gasteiger partial charge on any atom is -0.269 e. The van der Waals surface area contributed by atoms with Gasteiger partial charge < -0.3 is 0 Å². The highest BCUT2D eigenvalue weighted by molar-refractivity contribution is 9.10. The SMILES string of the molecule is O=c1cc(Cl)nc2c(Br)cccn12. The zero-order chi connectivity index (χ0) is 9.42. The first-order valence-corrected chi connectivity index (χ1v) is 4.69. The van der Waals surface area contributed by atoms with Crippen LogP contribution in [-0.2, 0) is 0 Å². The normalized spacial score (nSPS) is 10.6. The molecule has 2 rings (SSSR count). The maximum Gasteiger partial charge on any atom is 0.259 e. The highest BCUT2D eigenvalue weighted by Gasteiger charge is 2.02. The molecule has 0 aliphatic heterocycles. The Labute approximate surface area is 87.1 Å². The Bertz CT molecular complexity index is 523. The number of halogens is 2. The summed E-state index contributed by atoms with van der Waals surface area (Å²) < 4.78 is 2.17. The molecule has 0 unspecified atom stereocenters. The second-order valence-electron chi connectivity index (χ2n) is 2.47. The van der Waals surface area contributed by atoms with Crippen LogP contribution in [0.1, 0.15) is 0 Å². The van der Waals surface area contributed by atoms with Gasteiger partial charge >= 0.3 is 0 Å². The number of pyridine rings is 1. The van der Waals surface area contributed by atoms with Crippen LogP contribution in [0.3, 0.4) is 0 Å². The molecule has 0 N–H and O–H groups in total. The van der Waals surface area contributed by atoms with E-state index in [2.05, 4.69) is 20.9 Å². The fraction of sp³-hybridized carbons (Fsp3) is 0. The first-order valence-electron chi connectivity index (χ1n) is 3.52. The van der Waals surface area contributed by atoms with Gasteiger partial charge in [-0.05, 0) is 28.1 Å². The van der Waals surface area contributed by atoms with Crippen molar-refractivity contribution >= 4 is 33.2 Å². The second kappa shape index (κ2) is 3.12. The summed E-state index contributed by atoms with van der Waals surface area (Å²) in [5.41, 5.74) is 0.344. The van der Waals surface area contributed by atoms with E-state index in [1.165, 1.54) is 10.5 Å². The molecule has 0 spiro atoms. The molecule has 0 saturated heterocycles. The minimum absolute atomic E-state index is 0.184. The molecule has 0 atom stereocenters. The lowest BCUT2D eigenvalue weighted by atomic mass is 10.4. The molecule has 2 aromatic heterocycles. The summed E-state index contributed by atoms with van der Waals surface area (Å²) in [6.45, 7) is 0. The number of fused-ring (bicyclic) bond motifs is 1. The smallest absolute Gasteiger partial charge is 0.259 e. The van der Waals surface area contributed by atoms with Gasteiger partial charge in [0.1, 0.15) is 5.15 Å². The average Bonchev–Trinajstić information content (AvgIpc) is 2.07. The zero-order valence-electron chi connectivity index (χ0n) is 6.37. The Morgan fingerprint density at radius 1 is 1.54 bits per heavy atom. The van der Waals surface area contributed by atoms with Gasteiger partial charge in [0.05, 0.1) is 4.47 Å². The monoisotopic (exact) mass is 258 g/mol. The van der Waals surface area contributed by atoms with Crippen LogP contribution in [0.5, 0.6) is 0 Å². The largest absolute Gasteiger partial charge is 0.269 e. The van der Waals surface area contributed by atoms with Crippen molar-refractivity contribution in [1.82, 2.24) is 9.38 Å². The summed E-state index contributed by atoms with van der Waals surface area (Å²) in [5.74, 6) is 0. The molecule has 0 saturated carbocycles. The van der Waals surface area contributed by atoms with Gasteiger partial charge in [0.15, 0.2) is 5.65 Å². The minimum atomic E-state index is -0.184. The number of rotatable bonds is 0. The molecular weight excluding hydrogens is 255 g/mol. The molecule has 2 heterocycles. The highest BCUT2D eigenvalue weighted by Crippen LogP contribution is 2.15. The van der Waals surface area contributed by atoms with Gasteiger partial charge in [0.2, 0.25) is 0 Å². The molecule has 2 aromatic rings. The third kappa shape index (κ3) is 1.47. The van der Waals surface area contributed by atoms with Gasteiger partial charge in [-0.25, -0.2) is 4.98 Å². The number of hydrogen-bond acceptors (Lipinski definition) is 2. The molecule has 0 radical (unpaired) electrons. The third-order valence-electron chi connectivity index (χ3n) is 1.61. The summed E-state index contributed by atoms with van der Waals surface area (Å²) in [5, 5.41) is 0.205. The number of nitrogens with zero attached hydrogens (tertiary/aromatic N) is 2. The van der Waals surface area contributed by atoms with Crippen molar-refractivity contribution in [1.29, 1.82) is 0 Å². The van der Waals surface area contributed by atoms with Crippen molar-refractivity contribution in [2.45, 2.75) is 0 Å². The van der Waals surface area contributed by atoms with Gasteiger partial charge in [-0.2, -0.15) is 0 Å². The summed E-state index contributed by atoms with van der Waals surface area (Å²) >= 11 is 8.93. The molecule has 0 bridgehead atoms. The van der Waals surface area contributed by atoms with Gasteiger partial charge in [-0.3, -0.25) is 9.20 Å². The quantitative estimate of drug-likeness (QED) is 0.679. The fourth-order valence-corrected chi connectivity index (χ4v) is 1.67. The van der Waals surface area contributed by atoms with Gasteiger partial charge in [0, 0.05) is 12.3 Å². The number of hydrogen-bond donors (Lipinski definition) is 0. The Hall–Kier alpha value is -0.870. The highest BCUT2D eigenvalue weighted by atomic mass is 79.9. The zero-order valence-corrected chi connectivity index (χ0v) is 8.71. The molecule has 0 aromatic carbocycles. The Balaban J connectivity index is 3.03. The van der Waals surface area contributed by atoms with Crippen LogP contribution < -0.4 is 5.56 Å². The summed E-state index contributed by atoms with van der Waals surface area (Å²) in [6.07, 6.45) is 1.64. The third-order valence-corrected chi connectivity index (χ3v) is 2.42. The van der Waals surface area contributed by atoms with E-state index in [0.717, 1.165) is 4.47 Å². The molecule has 0 aliphatic rings. The summed E-state index contributed by atoms with van der Waals surface area (Å²) in [7, 11) is 0. The van der Waals surface area contributed by atoms with Crippen LogP contribution >= 0.6 is 27.5 Å². The molecule has 13 heavy (non-hydrogen) atoms. The standard InChI is InChI=1S/C8H4BrClN2O/c9-5-2-1-3-12-7(13)4-6(10)11-8(5)12/h1-4H. The van der Waals surface area contributed by atoms with E-state index < -0.39 is 0 Å². The van der Waals surface area contributed by atoms with E-state index >= 15 is 0 Å². The molecule has 0 amide bonds. The topological polar surface area (TPSA) is 34.4 Å². The van der Waals surface area contributed by atoms with Crippen LogP contribution in [0, 0.1) is 0 Å². The molecule has 5 heteroatoms. The van der Waals surface area contributed by atoms with Gasteiger partial charge in [-0.1, -0.05) is 11.6 Å². The predicted octanol–water partition coefficient (Wildman–Crippen LogP) is 2.11. The van der Waals surface area contributed by atoms with Crippen LogP contribution in [0.25, 0.3) is 5.65 Å². The first-order chi connectivity index (χ1) is 6.18. The average molecular weight is 259 g/mol. The molecule has 0 fully saturated rings. The molecule has 0 aliphatic carbocycles. The maximum absolute atomic E-state index is 11.4. The van der Waals surface area contributed by atoms with Crippen LogP contribution in [0.2, 0.25) is 5.15 Å². The first kappa shape index (κ1) is 8.72. The van der Waals surface area contributed by atoms with Crippen molar-refractivity contribution < 1.29 is 0 Å². The molecule has 3 nitrogen and oxygen atoms in total. The Morgan fingerprint density at radius 2 is 2.31 bits per heavy atom. The van der Waals surface area contributed by atoms with Crippen LogP contribution in [0.15, 0.2) is 33.7 Å². The lowest BCUT2D eigenvalue weighted by Gasteiger charge is -2.00.